The van der Waals surface area contributed by atoms with Crippen LogP contribution in [0.2, 0.25) is 0 Å². The zero-order valence-corrected chi connectivity index (χ0v) is 9.71. The molecule has 0 aliphatic heterocycles. The van der Waals surface area contributed by atoms with Crippen molar-refractivity contribution in [2.24, 2.45) is 0 Å². The van der Waals surface area contributed by atoms with Crippen molar-refractivity contribution in [2.75, 3.05) is 7.05 Å². The second-order valence-electron chi connectivity index (χ2n) is 4.59. The maximum atomic E-state index is 4.37. The molecule has 1 aliphatic carbocycles. The molecule has 1 aromatic heterocycles. The molecule has 0 amide bonds. The smallest absolute Gasteiger partial charge is 0.0791 e. The highest BCUT2D eigenvalue weighted by Gasteiger charge is 2.18. The topological polar surface area (TPSA) is 40.7 Å². The summed E-state index contributed by atoms with van der Waals surface area (Å²) in [5, 5.41) is 10.8. The van der Waals surface area contributed by atoms with Crippen LogP contribution in [-0.2, 0) is 0 Å². The van der Waals surface area contributed by atoms with E-state index in [9.17, 15) is 0 Å². The fourth-order valence-electron chi connectivity index (χ4n) is 2.35. The number of hydrogen-bond acceptors (Lipinski definition) is 2. The van der Waals surface area contributed by atoms with Gasteiger partial charge < -0.3 is 5.32 Å². The van der Waals surface area contributed by atoms with Crippen LogP contribution in [0, 0.1) is 0 Å². The molecule has 2 N–H and O–H groups in total. The van der Waals surface area contributed by atoms with Gasteiger partial charge in [0.05, 0.1) is 5.69 Å². The Balaban J connectivity index is 2.05. The van der Waals surface area contributed by atoms with Gasteiger partial charge in [0.25, 0.3) is 0 Å². The van der Waals surface area contributed by atoms with Crippen LogP contribution in [0.5, 0.6) is 0 Å². The second kappa shape index (κ2) is 4.79. The average Bonchev–Trinajstić information content (AvgIpc) is 2.78. The van der Waals surface area contributed by atoms with Crippen LogP contribution in [-0.4, -0.2) is 17.2 Å². The molecule has 1 aliphatic rings. The molecule has 0 saturated heterocycles. The minimum absolute atomic E-state index is 0.346. The molecule has 3 nitrogen and oxygen atoms in total. The van der Waals surface area contributed by atoms with Crippen molar-refractivity contribution < 1.29 is 0 Å². The molecule has 1 saturated carbocycles. The molecule has 0 aromatic carbocycles. The van der Waals surface area contributed by atoms with Gasteiger partial charge in [0.1, 0.15) is 0 Å². The lowest BCUT2D eigenvalue weighted by Gasteiger charge is -2.19. The Bertz CT molecular complexity index is 300. The number of aromatic nitrogens is 2. The minimum atomic E-state index is 0.346. The van der Waals surface area contributed by atoms with Gasteiger partial charge >= 0.3 is 0 Å². The molecule has 15 heavy (non-hydrogen) atoms. The van der Waals surface area contributed by atoms with E-state index < -0.39 is 0 Å². The maximum absolute atomic E-state index is 4.37. The van der Waals surface area contributed by atoms with Crippen LogP contribution in [0.3, 0.4) is 0 Å². The fraction of sp³-hybridized carbons (Fsp3) is 0.750. The lowest BCUT2D eigenvalue weighted by Crippen LogP contribution is -2.12. The van der Waals surface area contributed by atoms with Crippen LogP contribution < -0.4 is 5.32 Å². The number of nitrogens with zero attached hydrogens (tertiary/aromatic N) is 1. The highest BCUT2D eigenvalue weighted by molar-refractivity contribution is 5.16. The van der Waals surface area contributed by atoms with Gasteiger partial charge in [-0.1, -0.05) is 19.3 Å². The molecular weight excluding hydrogens is 186 g/mol. The van der Waals surface area contributed by atoms with Crippen molar-refractivity contribution in [1.82, 2.24) is 15.5 Å². The Morgan fingerprint density at radius 1 is 1.40 bits per heavy atom. The van der Waals surface area contributed by atoms with Crippen LogP contribution in [0.1, 0.15) is 62.4 Å². The van der Waals surface area contributed by atoms with Gasteiger partial charge in [0.15, 0.2) is 0 Å². The van der Waals surface area contributed by atoms with Crippen molar-refractivity contribution in [3.63, 3.8) is 0 Å². The summed E-state index contributed by atoms with van der Waals surface area (Å²) >= 11 is 0. The largest absolute Gasteiger partial charge is 0.312 e. The van der Waals surface area contributed by atoms with E-state index in [2.05, 4.69) is 28.5 Å². The first kappa shape index (κ1) is 10.7. The lowest BCUT2D eigenvalue weighted by molar-refractivity contribution is 0.436. The number of nitrogens with one attached hydrogen (secondary N) is 2. The lowest BCUT2D eigenvalue weighted by atomic mass is 9.87. The van der Waals surface area contributed by atoms with E-state index in [1.807, 2.05) is 7.05 Å². The zero-order chi connectivity index (χ0) is 10.7. The highest BCUT2D eigenvalue weighted by atomic mass is 15.1. The predicted molar refractivity (Wildman–Crippen MR) is 61.9 cm³/mol. The van der Waals surface area contributed by atoms with Crippen molar-refractivity contribution in [3.8, 4) is 0 Å². The molecular formula is C12H21N3. The van der Waals surface area contributed by atoms with E-state index in [0.29, 0.717) is 6.04 Å². The van der Waals surface area contributed by atoms with E-state index in [1.165, 1.54) is 37.8 Å². The summed E-state index contributed by atoms with van der Waals surface area (Å²) in [6.45, 7) is 2.14. The highest BCUT2D eigenvalue weighted by Crippen LogP contribution is 2.32. The van der Waals surface area contributed by atoms with E-state index >= 15 is 0 Å². The van der Waals surface area contributed by atoms with Crippen molar-refractivity contribution >= 4 is 0 Å². The Hall–Kier alpha value is -0.830. The first-order valence-corrected chi connectivity index (χ1v) is 6.03. The van der Waals surface area contributed by atoms with Crippen molar-refractivity contribution in [1.29, 1.82) is 0 Å². The standard InChI is InChI=1S/C12H21N3/c1-9(13-2)11-8-12(15-14-11)10-6-4-3-5-7-10/h8-10,13H,3-7H2,1-2H3,(H,14,15). The third-order valence-corrected chi connectivity index (χ3v) is 3.54. The Labute approximate surface area is 91.7 Å². The van der Waals surface area contributed by atoms with Crippen molar-refractivity contribution in [3.05, 3.63) is 17.5 Å². The van der Waals surface area contributed by atoms with Gasteiger partial charge in [-0.25, -0.2) is 0 Å². The molecule has 1 unspecified atom stereocenters. The SMILES string of the molecule is CNC(C)c1cc(C2CCCCC2)[nH]n1. The molecule has 1 fully saturated rings. The Morgan fingerprint density at radius 3 is 2.80 bits per heavy atom. The molecule has 0 spiro atoms. The summed E-state index contributed by atoms with van der Waals surface area (Å²) in [4.78, 5) is 0. The van der Waals surface area contributed by atoms with E-state index in [1.54, 1.807) is 0 Å². The normalized spacial score (nSPS) is 20.4. The summed E-state index contributed by atoms with van der Waals surface area (Å²) in [5.41, 5.74) is 2.48. The second-order valence-corrected chi connectivity index (χ2v) is 4.59. The van der Waals surface area contributed by atoms with Crippen LogP contribution in [0.15, 0.2) is 6.07 Å². The molecule has 84 valence electrons. The number of H-pyrrole nitrogens is 1. The molecule has 3 heteroatoms. The summed E-state index contributed by atoms with van der Waals surface area (Å²) < 4.78 is 0. The summed E-state index contributed by atoms with van der Waals surface area (Å²) in [5.74, 6) is 0.726. The zero-order valence-electron chi connectivity index (χ0n) is 9.71. The Kier molecular flexibility index (Phi) is 3.41. The van der Waals surface area contributed by atoms with Gasteiger partial charge in [-0.2, -0.15) is 5.10 Å². The molecule has 0 bridgehead atoms. The first-order chi connectivity index (χ1) is 7.31. The summed E-state index contributed by atoms with van der Waals surface area (Å²) in [6.07, 6.45) is 6.82. The molecule has 1 heterocycles. The number of aromatic amines is 1. The van der Waals surface area contributed by atoms with Crippen LogP contribution in [0.4, 0.5) is 0 Å². The number of rotatable bonds is 3. The minimum Gasteiger partial charge on any atom is -0.312 e. The van der Waals surface area contributed by atoms with Crippen LogP contribution in [0.25, 0.3) is 0 Å². The van der Waals surface area contributed by atoms with Gasteiger partial charge in [-0.05, 0) is 32.9 Å². The van der Waals surface area contributed by atoms with E-state index in [-0.39, 0.29) is 0 Å². The summed E-state index contributed by atoms with van der Waals surface area (Å²) in [6, 6.07) is 2.58. The maximum Gasteiger partial charge on any atom is 0.0791 e. The fourth-order valence-corrected chi connectivity index (χ4v) is 2.35. The van der Waals surface area contributed by atoms with E-state index in [4.69, 9.17) is 0 Å². The van der Waals surface area contributed by atoms with Gasteiger partial charge in [-0.15, -0.1) is 0 Å². The van der Waals surface area contributed by atoms with Crippen molar-refractivity contribution in [2.45, 2.75) is 51.0 Å². The molecule has 1 atom stereocenters. The molecule has 2 rings (SSSR count). The molecule has 1 aromatic rings. The van der Waals surface area contributed by atoms with Gasteiger partial charge in [0.2, 0.25) is 0 Å². The predicted octanol–water partition coefficient (Wildman–Crippen LogP) is 2.74. The molecule has 0 radical (unpaired) electrons. The van der Waals surface area contributed by atoms with Gasteiger partial charge in [-0.3, -0.25) is 5.10 Å². The van der Waals surface area contributed by atoms with Crippen LogP contribution >= 0.6 is 0 Å². The van der Waals surface area contributed by atoms with E-state index in [0.717, 1.165) is 11.6 Å². The first-order valence-electron chi connectivity index (χ1n) is 6.03. The Morgan fingerprint density at radius 2 is 2.13 bits per heavy atom. The van der Waals surface area contributed by atoms with Gasteiger partial charge in [0, 0.05) is 17.7 Å². The third kappa shape index (κ3) is 2.40. The monoisotopic (exact) mass is 207 g/mol. The quantitative estimate of drug-likeness (QED) is 0.800. The summed E-state index contributed by atoms with van der Waals surface area (Å²) in [7, 11) is 1.97. The average molecular weight is 207 g/mol. The third-order valence-electron chi connectivity index (χ3n) is 3.54. The number of hydrogen-bond donors (Lipinski definition) is 2.